The monoisotopic (exact) mass is 238 g/mol. The van der Waals surface area contributed by atoms with E-state index in [0.717, 1.165) is 31.0 Å². The van der Waals surface area contributed by atoms with Gasteiger partial charge in [0.2, 0.25) is 5.95 Å². The smallest absolute Gasteiger partial charge is 0.205 e. The maximum atomic E-state index is 6.06. The summed E-state index contributed by atoms with van der Waals surface area (Å²) in [5, 5.41) is 0. The van der Waals surface area contributed by atoms with Crippen LogP contribution in [0, 0.1) is 5.92 Å². The molecule has 1 atom stereocenters. The minimum Gasteiger partial charge on any atom is -0.345 e. The normalized spacial score (nSPS) is 13.1. The molecule has 0 aliphatic carbocycles. The highest BCUT2D eigenvalue weighted by Crippen LogP contribution is 2.13. The molecule has 1 unspecified atom stereocenters. The fourth-order valence-corrected chi connectivity index (χ4v) is 1.82. The van der Waals surface area contributed by atoms with Gasteiger partial charge >= 0.3 is 0 Å². The van der Waals surface area contributed by atoms with E-state index in [9.17, 15) is 0 Å². The Morgan fingerprint density at radius 2 is 2.12 bits per heavy atom. The van der Waals surface area contributed by atoms with Gasteiger partial charge in [0.25, 0.3) is 0 Å². The molecule has 0 spiro atoms. The summed E-state index contributed by atoms with van der Waals surface area (Å²) in [6.45, 7) is 7.41. The molecule has 2 N–H and O–H groups in total. The van der Waals surface area contributed by atoms with E-state index in [1.807, 2.05) is 7.05 Å². The largest absolute Gasteiger partial charge is 0.345 e. The van der Waals surface area contributed by atoms with Gasteiger partial charge in [-0.25, -0.2) is 4.98 Å². The van der Waals surface area contributed by atoms with Crippen LogP contribution in [0.4, 0.5) is 5.95 Å². The molecular weight excluding hydrogens is 212 g/mol. The first-order chi connectivity index (χ1) is 7.95. The second-order valence-electron chi connectivity index (χ2n) is 5.11. The fourth-order valence-electron chi connectivity index (χ4n) is 1.82. The van der Waals surface area contributed by atoms with Gasteiger partial charge in [-0.2, -0.15) is 0 Å². The van der Waals surface area contributed by atoms with Crippen molar-refractivity contribution in [1.29, 1.82) is 0 Å². The number of nitrogens with zero attached hydrogens (tertiary/aromatic N) is 3. The Hall–Kier alpha value is -1.03. The Labute approximate surface area is 105 Å². The average Bonchev–Trinajstić information content (AvgIpc) is 2.66. The highest BCUT2D eigenvalue weighted by atomic mass is 15.3. The average molecular weight is 238 g/mol. The highest BCUT2D eigenvalue weighted by Gasteiger charge is 2.12. The molecule has 1 rings (SSSR count). The van der Waals surface area contributed by atoms with E-state index in [4.69, 9.17) is 5.73 Å². The molecular formula is C13H26N4. The summed E-state index contributed by atoms with van der Waals surface area (Å²) in [7, 11) is 4.12. The Bertz CT molecular complexity index is 343. The summed E-state index contributed by atoms with van der Waals surface area (Å²) in [6, 6.07) is 0.267. The van der Waals surface area contributed by atoms with Crippen molar-refractivity contribution >= 4 is 5.95 Å². The second-order valence-corrected chi connectivity index (χ2v) is 5.11. The van der Waals surface area contributed by atoms with Gasteiger partial charge in [-0.3, -0.25) is 0 Å². The molecule has 0 fully saturated rings. The van der Waals surface area contributed by atoms with Crippen molar-refractivity contribution in [2.24, 2.45) is 18.7 Å². The summed E-state index contributed by atoms with van der Waals surface area (Å²) in [5.41, 5.74) is 7.20. The van der Waals surface area contributed by atoms with Crippen molar-refractivity contribution in [3.05, 3.63) is 11.9 Å². The summed E-state index contributed by atoms with van der Waals surface area (Å²) in [4.78, 5) is 6.78. The van der Waals surface area contributed by atoms with E-state index >= 15 is 0 Å². The number of nitrogens with two attached hydrogens (primary N) is 1. The van der Waals surface area contributed by atoms with Crippen LogP contribution in [-0.4, -0.2) is 29.2 Å². The van der Waals surface area contributed by atoms with Crippen molar-refractivity contribution in [3.8, 4) is 0 Å². The number of hydrogen-bond donors (Lipinski definition) is 1. The minimum atomic E-state index is 0.267. The first-order valence-electron chi connectivity index (χ1n) is 6.44. The topological polar surface area (TPSA) is 47.1 Å². The number of aromatic nitrogens is 2. The summed E-state index contributed by atoms with van der Waals surface area (Å²) >= 11 is 0. The van der Waals surface area contributed by atoms with E-state index in [0.29, 0.717) is 5.92 Å². The molecule has 0 radical (unpaired) electrons. The van der Waals surface area contributed by atoms with Crippen LogP contribution in [0.3, 0.4) is 0 Å². The quantitative estimate of drug-likeness (QED) is 0.822. The number of aryl methyl sites for hydroxylation is 2. The summed E-state index contributed by atoms with van der Waals surface area (Å²) in [6.07, 6.45) is 4.07. The molecule has 1 aromatic heterocycles. The van der Waals surface area contributed by atoms with Crippen LogP contribution in [0.25, 0.3) is 0 Å². The number of hydrogen-bond acceptors (Lipinski definition) is 3. The Morgan fingerprint density at radius 1 is 1.47 bits per heavy atom. The molecule has 0 bridgehead atoms. The standard InChI is InChI=1S/C13H26N4/c1-6-11-9-17(5)13(15-11)16(4)8-7-12(14)10(2)3/h9-10,12H,6-8,14H2,1-5H3. The fraction of sp³-hybridized carbons (Fsp3) is 0.769. The van der Waals surface area contributed by atoms with Gasteiger partial charge < -0.3 is 15.2 Å². The molecule has 0 aliphatic rings. The Morgan fingerprint density at radius 3 is 2.59 bits per heavy atom. The molecule has 1 aromatic rings. The van der Waals surface area contributed by atoms with E-state index in [1.165, 1.54) is 0 Å². The van der Waals surface area contributed by atoms with E-state index in [2.05, 4.69) is 48.5 Å². The molecule has 0 aliphatic heterocycles. The van der Waals surface area contributed by atoms with E-state index in [-0.39, 0.29) is 6.04 Å². The maximum absolute atomic E-state index is 6.06. The molecule has 0 amide bonds. The molecule has 4 heteroatoms. The maximum Gasteiger partial charge on any atom is 0.205 e. The zero-order valence-electron chi connectivity index (χ0n) is 11.8. The third-order valence-electron chi connectivity index (χ3n) is 3.26. The third-order valence-corrected chi connectivity index (χ3v) is 3.26. The van der Waals surface area contributed by atoms with Gasteiger partial charge in [0.15, 0.2) is 0 Å². The van der Waals surface area contributed by atoms with Gasteiger partial charge in [0, 0.05) is 32.9 Å². The van der Waals surface area contributed by atoms with Crippen molar-refractivity contribution in [2.45, 2.75) is 39.7 Å². The van der Waals surface area contributed by atoms with Gasteiger partial charge in [0.05, 0.1) is 5.69 Å². The molecule has 0 saturated heterocycles. The van der Waals surface area contributed by atoms with Crippen molar-refractivity contribution in [3.63, 3.8) is 0 Å². The zero-order valence-corrected chi connectivity index (χ0v) is 11.8. The number of anilines is 1. The number of imidazole rings is 1. The van der Waals surface area contributed by atoms with Gasteiger partial charge in [-0.1, -0.05) is 20.8 Å². The van der Waals surface area contributed by atoms with Crippen LogP contribution in [-0.2, 0) is 13.5 Å². The van der Waals surface area contributed by atoms with Crippen LogP contribution in [0.2, 0.25) is 0 Å². The van der Waals surface area contributed by atoms with Crippen LogP contribution >= 0.6 is 0 Å². The van der Waals surface area contributed by atoms with Gasteiger partial charge in [-0.15, -0.1) is 0 Å². The zero-order chi connectivity index (χ0) is 13.0. The molecule has 17 heavy (non-hydrogen) atoms. The molecule has 0 aromatic carbocycles. The van der Waals surface area contributed by atoms with Crippen LogP contribution < -0.4 is 10.6 Å². The number of rotatable bonds is 6. The lowest BCUT2D eigenvalue weighted by Crippen LogP contribution is -2.32. The second kappa shape index (κ2) is 6.05. The summed E-state index contributed by atoms with van der Waals surface area (Å²) in [5.74, 6) is 1.56. The van der Waals surface area contributed by atoms with E-state index < -0.39 is 0 Å². The predicted octanol–water partition coefficient (Wildman–Crippen LogP) is 1.79. The molecule has 1 heterocycles. The molecule has 98 valence electrons. The third kappa shape index (κ3) is 3.73. The van der Waals surface area contributed by atoms with Gasteiger partial charge in [0.1, 0.15) is 0 Å². The van der Waals surface area contributed by atoms with Gasteiger partial charge in [-0.05, 0) is 18.8 Å². The lowest BCUT2D eigenvalue weighted by molar-refractivity contribution is 0.464. The first kappa shape index (κ1) is 14.0. The van der Waals surface area contributed by atoms with E-state index in [1.54, 1.807) is 0 Å². The minimum absolute atomic E-state index is 0.267. The van der Waals surface area contributed by atoms with Crippen molar-refractivity contribution in [2.75, 3.05) is 18.5 Å². The lowest BCUT2D eigenvalue weighted by Gasteiger charge is -2.22. The van der Waals surface area contributed by atoms with Crippen LogP contribution in [0.5, 0.6) is 0 Å². The Kier molecular flexibility index (Phi) is 5.00. The predicted molar refractivity (Wildman–Crippen MR) is 73.3 cm³/mol. The molecule has 4 nitrogen and oxygen atoms in total. The molecule has 0 saturated carbocycles. The van der Waals surface area contributed by atoms with Crippen LogP contribution in [0.1, 0.15) is 32.9 Å². The van der Waals surface area contributed by atoms with Crippen molar-refractivity contribution < 1.29 is 0 Å². The SMILES string of the molecule is CCc1cn(C)c(N(C)CCC(N)C(C)C)n1. The summed E-state index contributed by atoms with van der Waals surface area (Å²) < 4.78 is 2.08. The Balaban J connectivity index is 2.57. The lowest BCUT2D eigenvalue weighted by atomic mass is 10.0. The van der Waals surface area contributed by atoms with Crippen LogP contribution in [0.15, 0.2) is 6.20 Å². The highest BCUT2D eigenvalue weighted by molar-refractivity contribution is 5.31. The first-order valence-corrected chi connectivity index (χ1v) is 6.44. The van der Waals surface area contributed by atoms with Crippen molar-refractivity contribution in [1.82, 2.24) is 9.55 Å².